The quantitative estimate of drug-likeness (QED) is 0.562. The van der Waals surface area contributed by atoms with E-state index in [2.05, 4.69) is 4.98 Å². The number of aromatic amines is 1. The molecule has 2 aromatic carbocycles. The van der Waals surface area contributed by atoms with E-state index in [1.54, 1.807) is 56.3 Å². The molecule has 0 aliphatic heterocycles. The summed E-state index contributed by atoms with van der Waals surface area (Å²) in [6.07, 6.45) is 1.44. The third kappa shape index (κ3) is 3.42. The van der Waals surface area contributed by atoms with Crippen LogP contribution in [0.2, 0.25) is 0 Å². The van der Waals surface area contributed by atoms with E-state index in [-0.39, 0.29) is 29.3 Å². The van der Waals surface area contributed by atoms with Crippen molar-refractivity contribution in [2.45, 2.75) is 20.5 Å². The number of nitrogens with one attached hydrogen (secondary N) is 1. The third-order valence-corrected chi connectivity index (χ3v) is 4.16. The number of ketones is 1. The molecule has 5 heteroatoms. The molecule has 5 nitrogen and oxygen atoms in total. The zero-order valence-corrected chi connectivity index (χ0v) is 14.6. The molecule has 0 spiro atoms. The van der Waals surface area contributed by atoms with Crippen molar-refractivity contribution in [3.63, 3.8) is 0 Å². The van der Waals surface area contributed by atoms with Crippen LogP contribution in [-0.4, -0.2) is 16.7 Å². The number of hydrogen-bond acceptors (Lipinski definition) is 4. The molecule has 1 aromatic heterocycles. The van der Waals surface area contributed by atoms with Crippen molar-refractivity contribution >= 4 is 22.7 Å². The third-order valence-electron chi connectivity index (χ3n) is 4.16. The van der Waals surface area contributed by atoms with Gasteiger partial charge >= 0.3 is 5.97 Å². The van der Waals surface area contributed by atoms with Crippen molar-refractivity contribution in [1.29, 1.82) is 0 Å². The molecule has 0 saturated heterocycles. The van der Waals surface area contributed by atoms with E-state index in [9.17, 15) is 14.4 Å². The first-order valence-electron chi connectivity index (χ1n) is 8.38. The lowest BCUT2D eigenvalue weighted by Gasteiger charge is -2.10. The van der Waals surface area contributed by atoms with Crippen molar-refractivity contribution in [3.05, 3.63) is 81.6 Å². The van der Waals surface area contributed by atoms with Gasteiger partial charge < -0.3 is 9.72 Å². The van der Waals surface area contributed by atoms with Gasteiger partial charge in [-0.15, -0.1) is 0 Å². The van der Waals surface area contributed by atoms with Gasteiger partial charge in [0.05, 0.1) is 16.6 Å². The number of rotatable bonds is 5. The summed E-state index contributed by atoms with van der Waals surface area (Å²) in [6.45, 7) is 3.54. The Hall–Kier alpha value is -3.21. The molecule has 0 aliphatic carbocycles. The topological polar surface area (TPSA) is 76.2 Å². The van der Waals surface area contributed by atoms with Crippen molar-refractivity contribution in [1.82, 2.24) is 4.98 Å². The average molecular weight is 349 g/mol. The number of H-pyrrole nitrogens is 1. The van der Waals surface area contributed by atoms with Gasteiger partial charge in [0, 0.05) is 23.1 Å². The molecule has 3 aromatic rings. The van der Waals surface area contributed by atoms with Crippen LogP contribution in [0.5, 0.6) is 0 Å². The van der Waals surface area contributed by atoms with E-state index in [0.717, 1.165) is 0 Å². The molecule has 0 saturated carbocycles. The Bertz CT molecular complexity index is 1020. The number of carbonyl (C=O) groups is 2. The molecule has 0 amide bonds. The number of para-hydroxylation sites is 1. The minimum Gasteiger partial charge on any atom is -0.457 e. The summed E-state index contributed by atoms with van der Waals surface area (Å²) in [5, 5.41) is 0.407. The number of pyridine rings is 1. The van der Waals surface area contributed by atoms with Crippen LogP contribution < -0.4 is 5.43 Å². The molecule has 0 radical (unpaired) electrons. The largest absolute Gasteiger partial charge is 0.457 e. The molecular formula is C21H19NO4. The number of esters is 1. The molecule has 3 rings (SSSR count). The maximum atomic E-state index is 12.6. The lowest BCUT2D eigenvalue weighted by atomic mass is 10.00. The van der Waals surface area contributed by atoms with Gasteiger partial charge in [-0.1, -0.05) is 44.2 Å². The highest BCUT2D eigenvalue weighted by Gasteiger charge is 2.17. The van der Waals surface area contributed by atoms with Crippen molar-refractivity contribution in [3.8, 4) is 0 Å². The van der Waals surface area contributed by atoms with Crippen molar-refractivity contribution in [2.24, 2.45) is 5.92 Å². The normalized spacial score (nSPS) is 10.9. The first-order chi connectivity index (χ1) is 12.5. The number of Topliss-reactive ketones (excluding diaryl/α,β-unsaturated/α-hetero) is 1. The second-order valence-corrected chi connectivity index (χ2v) is 6.33. The number of carbonyl (C=O) groups excluding carboxylic acids is 2. The molecule has 0 bridgehead atoms. The average Bonchev–Trinajstić information content (AvgIpc) is 2.66. The first-order valence-corrected chi connectivity index (χ1v) is 8.38. The van der Waals surface area contributed by atoms with E-state index < -0.39 is 5.97 Å². The summed E-state index contributed by atoms with van der Waals surface area (Å²) in [7, 11) is 0. The number of fused-ring (bicyclic) bond motifs is 1. The predicted molar refractivity (Wildman–Crippen MR) is 99.3 cm³/mol. The predicted octanol–water partition coefficient (Wildman–Crippen LogP) is 3.72. The number of aromatic nitrogens is 1. The number of hydrogen-bond donors (Lipinski definition) is 1. The summed E-state index contributed by atoms with van der Waals surface area (Å²) in [4.78, 5) is 39.9. The van der Waals surface area contributed by atoms with Crippen molar-refractivity contribution < 1.29 is 14.3 Å². The van der Waals surface area contributed by atoms with Crippen LogP contribution in [0.4, 0.5) is 0 Å². The second-order valence-electron chi connectivity index (χ2n) is 6.33. The highest BCUT2D eigenvalue weighted by molar-refractivity contribution is 6.00. The minimum absolute atomic E-state index is 0.0263. The molecule has 132 valence electrons. The monoisotopic (exact) mass is 349 g/mol. The first kappa shape index (κ1) is 17.6. The van der Waals surface area contributed by atoms with Crippen LogP contribution in [0, 0.1) is 5.92 Å². The fourth-order valence-corrected chi connectivity index (χ4v) is 2.73. The van der Waals surface area contributed by atoms with Crippen LogP contribution in [-0.2, 0) is 11.3 Å². The Morgan fingerprint density at radius 2 is 1.77 bits per heavy atom. The maximum Gasteiger partial charge on any atom is 0.338 e. The lowest BCUT2D eigenvalue weighted by Crippen LogP contribution is -2.20. The zero-order chi connectivity index (χ0) is 18.7. The molecule has 0 atom stereocenters. The van der Waals surface area contributed by atoms with Crippen molar-refractivity contribution in [2.75, 3.05) is 0 Å². The van der Waals surface area contributed by atoms with E-state index in [1.165, 1.54) is 6.20 Å². The fourth-order valence-electron chi connectivity index (χ4n) is 2.73. The number of ether oxygens (including phenoxy) is 1. The van der Waals surface area contributed by atoms with Gasteiger partial charge in [-0.25, -0.2) is 4.79 Å². The Labute approximate surface area is 150 Å². The van der Waals surface area contributed by atoms with Gasteiger partial charge in [0.1, 0.15) is 6.61 Å². The molecule has 1 N–H and O–H groups in total. The summed E-state index contributed by atoms with van der Waals surface area (Å²) >= 11 is 0. The number of benzene rings is 2. The van der Waals surface area contributed by atoms with Gasteiger partial charge in [-0.05, 0) is 18.2 Å². The van der Waals surface area contributed by atoms with Crippen LogP contribution in [0.15, 0.2) is 59.5 Å². The van der Waals surface area contributed by atoms with E-state index in [1.807, 2.05) is 6.07 Å². The lowest BCUT2D eigenvalue weighted by molar-refractivity contribution is 0.0474. The van der Waals surface area contributed by atoms with E-state index in [4.69, 9.17) is 4.74 Å². The van der Waals surface area contributed by atoms with Gasteiger partial charge in [-0.2, -0.15) is 0 Å². The van der Waals surface area contributed by atoms with Gasteiger partial charge in [0.25, 0.3) is 0 Å². The van der Waals surface area contributed by atoms with Gasteiger partial charge in [-0.3, -0.25) is 9.59 Å². The summed E-state index contributed by atoms with van der Waals surface area (Å²) in [5.74, 6) is -0.894. The Morgan fingerprint density at radius 1 is 1.04 bits per heavy atom. The minimum atomic E-state index is -0.434. The summed E-state index contributed by atoms with van der Waals surface area (Å²) < 4.78 is 5.35. The van der Waals surface area contributed by atoms with Crippen LogP contribution in [0.3, 0.4) is 0 Å². The zero-order valence-electron chi connectivity index (χ0n) is 14.6. The summed E-state index contributed by atoms with van der Waals surface area (Å²) in [5.41, 5.74) is 1.54. The van der Waals surface area contributed by atoms with Gasteiger partial charge in [0.2, 0.25) is 0 Å². The van der Waals surface area contributed by atoms with E-state index >= 15 is 0 Å². The highest BCUT2D eigenvalue weighted by Crippen LogP contribution is 2.17. The van der Waals surface area contributed by atoms with Crippen LogP contribution in [0.1, 0.15) is 40.1 Å². The molecule has 1 heterocycles. The molecular weight excluding hydrogens is 330 g/mol. The standard InChI is InChI=1S/C21H19NO4/c1-13(2)19(23)17-11-22-18-15(9-6-10-16(18)20(17)24)12-26-21(25)14-7-4-3-5-8-14/h3-11,13H,12H2,1-2H3,(H,22,24). The molecule has 0 unspecified atom stereocenters. The Kier molecular flexibility index (Phi) is 4.98. The summed E-state index contributed by atoms with van der Waals surface area (Å²) in [6, 6.07) is 13.9. The van der Waals surface area contributed by atoms with Gasteiger partial charge in [0.15, 0.2) is 11.2 Å². The second kappa shape index (κ2) is 7.35. The van der Waals surface area contributed by atoms with Crippen LogP contribution in [0.25, 0.3) is 10.9 Å². The highest BCUT2D eigenvalue weighted by atomic mass is 16.5. The maximum absolute atomic E-state index is 12.6. The molecule has 0 fully saturated rings. The fraction of sp³-hybridized carbons (Fsp3) is 0.190. The van der Waals surface area contributed by atoms with E-state index in [0.29, 0.717) is 22.0 Å². The SMILES string of the molecule is CC(C)C(=O)c1c[nH]c2c(COC(=O)c3ccccc3)cccc2c1=O. The smallest absolute Gasteiger partial charge is 0.338 e. The molecule has 26 heavy (non-hydrogen) atoms. The molecule has 0 aliphatic rings. The Balaban J connectivity index is 1.91. The Morgan fingerprint density at radius 3 is 2.46 bits per heavy atom. The van der Waals surface area contributed by atoms with Crippen LogP contribution >= 0.6 is 0 Å².